The van der Waals surface area contributed by atoms with Gasteiger partial charge in [-0.05, 0) is 25.2 Å². The first-order valence-electron chi connectivity index (χ1n) is 7.09. The summed E-state index contributed by atoms with van der Waals surface area (Å²) >= 11 is 0. The van der Waals surface area contributed by atoms with Crippen LogP contribution in [0, 0.1) is 0 Å². The van der Waals surface area contributed by atoms with Crippen LogP contribution in [-0.4, -0.2) is 68.0 Å². The van der Waals surface area contributed by atoms with Crippen LogP contribution in [-0.2, 0) is 9.59 Å². The van der Waals surface area contributed by atoms with Gasteiger partial charge in [0.1, 0.15) is 18.5 Å². The summed E-state index contributed by atoms with van der Waals surface area (Å²) in [7, 11) is 0. The van der Waals surface area contributed by atoms with Gasteiger partial charge in [0.2, 0.25) is 0 Å². The Bertz CT molecular complexity index is 627. The average Bonchev–Trinajstić information content (AvgIpc) is 2.95. The van der Waals surface area contributed by atoms with Gasteiger partial charge in [-0.15, -0.1) is 0 Å². The Morgan fingerprint density at radius 3 is 2.43 bits per heavy atom. The van der Waals surface area contributed by atoms with E-state index in [4.69, 9.17) is 24.6 Å². The normalized spacial score (nSPS) is 10.2. The Morgan fingerprint density at radius 2 is 1.87 bits per heavy atom. The quantitative estimate of drug-likeness (QED) is 0.731. The number of rotatable bonds is 6. The molecule has 0 fully saturated rings. The highest BCUT2D eigenvalue weighted by molar-refractivity contribution is 6.27. The lowest BCUT2D eigenvalue weighted by Crippen LogP contribution is -2.30. The molecule has 0 spiro atoms. The number of imidazole rings is 1. The van der Waals surface area contributed by atoms with E-state index in [-0.39, 0.29) is 0 Å². The lowest BCUT2D eigenvalue weighted by Gasteiger charge is -2.17. The molecule has 2 aromatic heterocycles. The molecule has 9 heteroatoms. The maximum Gasteiger partial charge on any atom is 0.414 e. The van der Waals surface area contributed by atoms with Gasteiger partial charge in [-0.3, -0.25) is 0 Å². The second kappa shape index (κ2) is 9.36. The molecule has 0 saturated carbocycles. The summed E-state index contributed by atoms with van der Waals surface area (Å²) in [5.74, 6) is -3.65. The Hall–Kier alpha value is -2.68. The highest BCUT2D eigenvalue weighted by atomic mass is 16.7. The number of likely N-dealkylation sites (N-methyl/N-ethyl adjacent to an activating group) is 1. The van der Waals surface area contributed by atoms with Crippen LogP contribution < -0.4 is 4.84 Å². The second-order valence-corrected chi connectivity index (χ2v) is 4.39. The number of hydrogen-bond donors (Lipinski definition) is 2. The summed E-state index contributed by atoms with van der Waals surface area (Å²) in [5, 5.41) is 14.8. The van der Waals surface area contributed by atoms with Gasteiger partial charge in [-0.2, -0.15) is 4.73 Å². The minimum atomic E-state index is -1.82. The number of pyridine rings is 1. The Balaban J connectivity index is 0.000000379. The standard InChI is InChI=1S/C12H18N4O.C2H2O4/c1-3-15(4-2)8-9-17-16-10-14-12-11(16)6-5-7-13-12;3-1(4)2(5)6/h5-7,10H,3-4,8-9H2,1-2H3;(H,3,4)(H,5,6). The van der Waals surface area contributed by atoms with Gasteiger partial charge in [0, 0.05) is 12.7 Å². The lowest BCUT2D eigenvalue weighted by molar-refractivity contribution is -0.159. The second-order valence-electron chi connectivity index (χ2n) is 4.39. The molecule has 0 unspecified atom stereocenters. The number of carboxylic acid groups (broad SMARTS) is 2. The molecule has 23 heavy (non-hydrogen) atoms. The van der Waals surface area contributed by atoms with Crippen molar-refractivity contribution in [3.05, 3.63) is 24.7 Å². The van der Waals surface area contributed by atoms with E-state index in [1.165, 1.54) is 0 Å². The molecule has 2 rings (SSSR count). The minimum absolute atomic E-state index is 0.655. The van der Waals surface area contributed by atoms with Crippen molar-refractivity contribution < 1.29 is 24.6 Å². The summed E-state index contributed by atoms with van der Waals surface area (Å²) in [5.41, 5.74) is 1.63. The molecule has 0 aliphatic carbocycles. The van der Waals surface area contributed by atoms with Crippen LogP contribution in [0.15, 0.2) is 24.7 Å². The van der Waals surface area contributed by atoms with Crippen LogP contribution in [0.3, 0.4) is 0 Å². The first-order valence-corrected chi connectivity index (χ1v) is 7.09. The number of aromatic nitrogens is 3. The highest BCUT2D eigenvalue weighted by Crippen LogP contribution is 2.06. The third-order valence-electron chi connectivity index (χ3n) is 3.00. The van der Waals surface area contributed by atoms with Crippen molar-refractivity contribution in [2.45, 2.75) is 13.8 Å². The summed E-state index contributed by atoms with van der Waals surface area (Å²) in [6.45, 7) is 7.98. The van der Waals surface area contributed by atoms with E-state index in [2.05, 4.69) is 28.7 Å². The summed E-state index contributed by atoms with van der Waals surface area (Å²) in [6.07, 6.45) is 3.40. The van der Waals surface area contributed by atoms with Crippen molar-refractivity contribution >= 4 is 23.1 Å². The number of carboxylic acids is 2. The van der Waals surface area contributed by atoms with Gasteiger partial charge in [-0.25, -0.2) is 19.6 Å². The van der Waals surface area contributed by atoms with Gasteiger partial charge in [-0.1, -0.05) is 13.8 Å². The van der Waals surface area contributed by atoms with Crippen LogP contribution >= 0.6 is 0 Å². The molecular weight excluding hydrogens is 304 g/mol. The van der Waals surface area contributed by atoms with Gasteiger partial charge in [0.25, 0.3) is 0 Å². The van der Waals surface area contributed by atoms with Crippen molar-refractivity contribution in [3.63, 3.8) is 0 Å². The molecule has 2 N–H and O–H groups in total. The average molecular weight is 324 g/mol. The Labute approximate surface area is 133 Å². The predicted molar refractivity (Wildman–Crippen MR) is 82.0 cm³/mol. The molecular formula is C14H20N4O5. The SMILES string of the molecule is CCN(CC)CCOn1cnc2ncccc21.O=C(O)C(=O)O. The van der Waals surface area contributed by atoms with E-state index in [1.807, 2.05) is 12.1 Å². The molecule has 9 nitrogen and oxygen atoms in total. The van der Waals surface area contributed by atoms with Crippen LogP contribution in [0.25, 0.3) is 11.2 Å². The third kappa shape index (κ3) is 5.91. The zero-order chi connectivity index (χ0) is 17.2. The summed E-state index contributed by atoms with van der Waals surface area (Å²) in [6, 6.07) is 3.83. The van der Waals surface area contributed by atoms with E-state index in [9.17, 15) is 0 Å². The predicted octanol–water partition coefficient (Wildman–Crippen LogP) is 0.357. The van der Waals surface area contributed by atoms with Crippen LogP contribution in [0.4, 0.5) is 0 Å². The van der Waals surface area contributed by atoms with Crippen molar-refractivity contribution in [1.29, 1.82) is 0 Å². The molecule has 0 atom stereocenters. The minimum Gasteiger partial charge on any atom is -0.473 e. The van der Waals surface area contributed by atoms with E-state index in [0.717, 1.165) is 30.8 Å². The van der Waals surface area contributed by atoms with Crippen LogP contribution in [0.5, 0.6) is 0 Å². The van der Waals surface area contributed by atoms with Crippen molar-refractivity contribution in [1.82, 2.24) is 19.6 Å². The molecule has 0 amide bonds. The maximum atomic E-state index is 9.10. The van der Waals surface area contributed by atoms with Crippen LogP contribution in [0.2, 0.25) is 0 Å². The fourth-order valence-corrected chi connectivity index (χ4v) is 1.74. The highest BCUT2D eigenvalue weighted by Gasteiger charge is 2.04. The monoisotopic (exact) mass is 324 g/mol. The molecule has 2 aromatic rings. The van der Waals surface area contributed by atoms with Gasteiger partial charge in [0.05, 0.1) is 0 Å². The first-order chi connectivity index (χ1) is 11.0. The van der Waals surface area contributed by atoms with Crippen molar-refractivity contribution in [3.8, 4) is 0 Å². The fourth-order valence-electron chi connectivity index (χ4n) is 1.74. The fraction of sp³-hybridized carbons (Fsp3) is 0.429. The zero-order valence-corrected chi connectivity index (χ0v) is 13.0. The van der Waals surface area contributed by atoms with Gasteiger partial charge >= 0.3 is 11.9 Å². The molecule has 0 aliphatic rings. The topological polar surface area (TPSA) is 118 Å². The van der Waals surface area contributed by atoms with E-state index in [0.29, 0.717) is 6.61 Å². The molecule has 0 aliphatic heterocycles. The van der Waals surface area contributed by atoms with E-state index < -0.39 is 11.9 Å². The lowest BCUT2D eigenvalue weighted by atomic mass is 10.4. The smallest absolute Gasteiger partial charge is 0.414 e. The number of hydrogen-bond acceptors (Lipinski definition) is 6. The molecule has 0 aromatic carbocycles. The maximum absolute atomic E-state index is 9.10. The van der Waals surface area contributed by atoms with Crippen molar-refractivity contribution in [2.75, 3.05) is 26.2 Å². The van der Waals surface area contributed by atoms with E-state index in [1.54, 1.807) is 17.3 Å². The first kappa shape index (κ1) is 18.4. The zero-order valence-electron chi connectivity index (χ0n) is 13.0. The number of fused-ring (bicyclic) bond motifs is 1. The molecule has 126 valence electrons. The van der Waals surface area contributed by atoms with E-state index >= 15 is 0 Å². The third-order valence-corrected chi connectivity index (χ3v) is 3.00. The molecule has 0 radical (unpaired) electrons. The van der Waals surface area contributed by atoms with Gasteiger partial charge in [0.15, 0.2) is 5.65 Å². The van der Waals surface area contributed by atoms with Crippen molar-refractivity contribution in [2.24, 2.45) is 0 Å². The van der Waals surface area contributed by atoms with Crippen LogP contribution in [0.1, 0.15) is 13.8 Å². The number of carbonyl (C=O) groups is 2. The number of nitrogens with zero attached hydrogens (tertiary/aromatic N) is 4. The Morgan fingerprint density at radius 1 is 1.22 bits per heavy atom. The summed E-state index contributed by atoms with van der Waals surface area (Å²) < 4.78 is 1.69. The Kier molecular flexibility index (Phi) is 7.48. The molecule has 0 bridgehead atoms. The number of aliphatic carboxylic acids is 2. The molecule has 0 saturated heterocycles. The largest absolute Gasteiger partial charge is 0.473 e. The molecule has 2 heterocycles. The summed E-state index contributed by atoms with van der Waals surface area (Å²) in [4.78, 5) is 34.5. The van der Waals surface area contributed by atoms with Gasteiger partial charge < -0.3 is 20.0 Å².